The third kappa shape index (κ3) is 2.29. The van der Waals surface area contributed by atoms with Crippen LogP contribution in [0.25, 0.3) is 0 Å². The molecule has 1 saturated carbocycles. The Labute approximate surface area is 112 Å². The van der Waals surface area contributed by atoms with Crippen LogP contribution in [0.1, 0.15) is 44.1 Å². The minimum Gasteiger partial charge on any atom is -0.278 e. The standard InChI is InChI=1S/C14H19N3O2/c1-16-9-11(8-15-16)10-17-12(18)6-14(7-13(17)19)4-2-3-5-14/h8-9H,2-7,10H2,1H3. The molecule has 1 aromatic heterocycles. The molecule has 1 aliphatic carbocycles. The zero-order valence-corrected chi connectivity index (χ0v) is 11.3. The summed E-state index contributed by atoms with van der Waals surface area (Å²) < 4.78 is 1.69. The number of aryl methyl sites for hydroxylation is 1. The number of hydrogen-bond acceptors (Lipinski definition) is 3. The van der Waals surface area contributed by atoms with Crippen molar-refractivity contribution in [3.63, 3.8) is 0 Å². The third-order valence-electron chi connectivity index (χ3n) is 4.42. The summed E-state index contributed by atoms with van der Waals surface area (Å²) in [5, 5.41) is 4.07. The van der Waals surface area contributed by atoms with Crippen molar-refractivity contribution in [2.75, 3.05) is 0 Å². The topological polar surface area (TPSA) is 55.2 Å². The maximum atomic E-state index is 12.3. The molecule has 0 unspecified atom stereocenters. The molecule has 3 rings (SSSR count). The summed E-state index contributed by atoms with van der Waals surface area (Å²) in [6.07, 6.45) is 9.02. The van der Waals surface area contributed by atoms with E-state index >= 15 is 0 Å². The second kappa shape index (κ2) is 4.47. The summed E-state index contributed by atoms with van der Waals surface area (Å²) in [6.45, 7) is 0.363. The number of hydrogen-bond donors (Lipinski definition) is 0. The quantitative estimate of drug-likeness (QED) is 0.760. The summed E-state index contributed by atoms with van der Waals surface area (Å²) >= 11 is 0. The number of imide groups is 1. The van der Waals surface area contributed by atoms with Crippen LogP contribution in [0.3, 0.4) is 0 Å². The van der Waals surface area contributed by atoms with E-state index in [0.29, 0.717) is 19.4 Å². The van der Waals surface area contributed by atoms with Gasteiger partial charge in [0.05, 0.1) is 12.7 Å². The molecule has 2 heterocycles. The fourth-order valence-electron chi connectivity index (χ4n) is 3.43. The highest BCUT2D eigenvalue weighted by molar-refractivity contribution is 5.98. The van der Waals surface area contributed by atoms with E-state index in [1.807, 2.05) is 13.2 Å². The zero-order valence-electron chi connectivity index (χ0n) is 11.3. The van der Waals surface area contributed by atoms with E-state index < -0.39 is 0 Å². The van der Waals surface area contributed by atoms with Gasteiger partial charge >= 0.3 is 0 Å². The highest BCUT2D eigenvalue weighted by Crippen LogP contribution is 2.47. The molecular weight excluding hydrogens is 242 g/mol. The number of nitrogens with zero attached hydrogens (tertiary/aromatic N) is 3. The second-order valence-corrected chi connectivity index (χ2v) is 5.96. The van der Waals surface area contributed by atoms with Crippen molar-refractivity contribution < 1.29 is 9.59 Å². The summed E-state index contributed by atoms with van der Waals surface area (Å²) in [7, 11) is 1.83. The Kier molecular flexibility index (Phi) is 2.92. The smallest absolute Gasteiger partial charge is 0.230 e. The number of carbonyl (C=O) groups excluding carboxylic acids is 2. The van der Waals surface area contributed by atoms with Crippen LogP contribution >= 0.6 is 0 Å². The molecule has 1 saturated heterocycles. The highest BCUT2D eigenvalue weighted by atomic mass is 16.2. The fraction of sp³-hybridized carbons (Fsp3) is 0.643. The average Bonchev–Trinajstić information content (AvgIpc) is 2.94. The first-order valence-corrected chi connectivity index (χ1v) is 6.89. The summed E-state index contributed by atoms with van der Waals surface area (Å²) in [5.74, 6) is -0.0241. The lowest BCUT2D eigenvalue weighted by molar-refractivity contribution is -0.154. The molecule has 1 aliphatic heterocycles. The first-order chi connectivity index (χ1) is 9.08. The van der Waals surface area contributed by atoms with E-state index in [2.05, 4.69) is 5.10 Å². The molecule has 1 aromatic rings. The molecule has 102 valence electrons. The van der Waals surface area contributed by atoms with Crippen molar-refractivity contribution in [1.82, 2.24) is 14.7 Å². The van der Waals surface area contributed by atoms with Gasteiger partial charge in [-0.15, -0.1) is 0 Å². The lowest BCUT2D eigenvalue weighted by Gasteiger charge is -2.37. The van der Waals surface area contributed by atoms with Crippen LogP contribution in [0.5, 0.6) is 0 Å². The molecule has 0 N–H and O–H groups in total. The molecule has 0 aromatic carbocycles. The number of rotatable bonds is 2. The molecule has 0 bridgehead atoms. The van der Waals surface area contributed by atoms with E-state index in [1.54, 1.807) is 10.9 Å². The van der Waals surface area contributed by atoms with Crippen molar-refractivity contribution >= 4 is 11.8 Å². The SMILES string of the molecule is Cn1cc(CN2C(=O)CC3(CCCC3)CC2=O)cn1. The lowest BCUT2D eigenvalue weighted by atomic mass is 9.76. The lowest BCUT2D eigenvalue weighted by Crippen LogP contribution is -2.46. The molecule has 5 nitrogen and oxygen atoms in total. The first-order valence-electron chi connectivity index (χ1n) is 6.89. The van der Waals surface area contributed by atoms with Gasteiger partial charge in [-0.2, -0.15) is 5.10 Å². The predicted octanol–water partition coefficient (Wildman–Crippen LogP) is 1.63. The van der Waals surface area contributed by atoms with Crippen LogP contribution in [0.4, 0.5) is 0 Å². The minimum atomic E-state index is -0.0143. The van der Waals surface area contributed by atoms with Crippen LogP contribution in [0.15, 0.2) is 12.4 Å². The number of aromatic nitrogens is 2. The van der Waals surface area contributed by atoms with Gasteiger partial charge in [-0.1, -0.05) is 12.8 Å². The molecule has 5 heteroatoms. The Morgan fingerprint density at radius 1 is 1.21 bits per heavy atom. The van der Waals surface area contributed by atoms with Crippen molar-refractivity contribution in [3.8, 4) is 0 Å². The van der Waals surface area contributed by atoms with Gasteiger partial charge in [0.15, 0.2) is 0 Å². The van der Waals surface area contributed by atoms with E-state index in [4.69, 9.17) is 0 Å². The van der Waals surface area contributed by atoms with E-state index in [-0.39, 0.29) is 17.2 Å². The maximum absolute atomic E-state index is 12.3. The van der Waals surface area contributed by atoms with Crippen molar-refractivity contribution in [1.29, 1.82) is 0 Å². The van der Waals surface area contributed by atoms with Gasteiger partial charge in [0, 0.05) is 31.6 Å². The molecule has 2 amide bonds. The van der Waals surface area contributed by atoms with Crippen LogP contribution in [0.2, 0.25) is 0 Å². The monoisotopic (exact) mass is 261 g/mol. The Morgan fingerprint density at radius 3 is 2.37 bits per heavy atom. The van der Waals surface area contributed by atoms with Gasteiger partial charge in [0.25, 0.3) is 0 Å². The number of amides is 2. The Balaban J connectivity index is 1.73. The summed E-state index contributed by atoms with van der Waals surface area (Å²) in [5.41, 5.74) is 0.895. The van der Waals surface area contributed by atoms with Crippen molar-refractivity contribution in [3.05, 3.63) is 18.0 Å². The second-order valence-electron chi connectivity index (χ2n) is 5.96. The predicted molar refractivity (Wildman–Crippen MR) is 68.9 cm³/mol. The number of likely N-dealkylation sites (tertiary alicyclic amines) is 1. The Bertz CT molecular complexity index is 495. The Hall–Kier alpha value is -1.65. The number of piperidine rings is 1. The van der Waals surface area contributed by atoms with Crippen LogP contribution in [0, 0.1) is 5.41 Å². The van der Waals surface area contributed by atoms with Gasteiger partial charge in [0.2, 0.25) is 11.8 Å². The molecule has 0 radical (unpaired) electrons. The van der Waals surface area contributed by atoms with Gasteiger partial charge in [-0.05, 0) is 18.3 Å². The average molecular weight is 261 g/mol. The maximum Gasteiger partial charge on any atom is 0.230 e. The van der Waals surface area contributed by atoms with Gasteiger partial charge in [-0.25, -0.2) is 0 Å². The molecule has 19 heavy (non-hydrogen) atoms. The van der Waals surface area contributed by atoms with E-state index in [9.17, 15) is 9.59 Å². The molecule has 2 aliphatic rings. The molecule has 1 spiro atoms. The summed E-state index contributed by atoms with van der Waals surface area (Å²) in [6, 6.07) is 0. The van der Waals surface area contributed by atoms with Crippen LogP contribution in [-0.4, -0.2) is 26.5 Å². The zero-order chi connectivity index (χ0) is 13.5. The Morgan fingerprint density at radius 2 is 1.84 bits per heavy atom. The van der Waals surface area contributed by atoms with Crippen molar-refractivity contribution in [2.45, 2.75) is 45.1 Å². The van der Waals surface area contributed by atoms with Crippen LogP contribution in [-0.2, 0) is 23.2 Å². The van der Waals surface area contributed by atoms with E-state index in [1.165, 1.54) is 4.90 Å². The van der Waals surface area contributed by atoms with Gasteiger partial charge < -0.3 is 0 Å². The summed E-state index contributed by atoms with van der Waals surface area (Å²) in [4.78, 5) is 25.9. The normalized spacial score (nSPS) is 22.5. The fourth-order valence-corrected chi connectivity index (χ4v) is 3.43. The third-order valence-corrected chi connectivity index (χ3v) is 4.42. The van der Waals surface area contributed by atoms with Gasteiger partial charge in [0.1, 0.15) is 0 Å². The van der Waals surface area contributed by atoms with Crippen LogP contribution < -0.4 is 0 Å². The number of carbonyl (C=O) groups is 2. The van der Waals surface area contributed by atoms with Crippen molar-refractivity contribution in [2.24, 2.45) is 12.5 Å². The molecular formula is C14H19N3O2. The minimum absolute atomic E-state index is 0.0120. The molecule has 0 atom stereocenters. The van der Waals surface area contributed by atoms with E-state index in [0.717, 1.165) is 31.2 Å². The largest absolute Gasteiger partial charge is 0.278 e. The first kappa shape index (κ1) is 12.4. The van der Waals surface area contributed by atoms with Gasteiger partial charge in [-0.3, -0.25) is 19.2 Å². The highest BCUT2D eigenvalue weighted by Gasteiger charge is 2.44. The molecule has 2 fully saturated rings.